The molecule has 0 atom stereocenters. The molecular weight excluding hydrogens is 507 g/mol. The van der Waals surface area contributed by atoms with E-state index in [4.69, 9.17) is 13.6 Å². The summed E-state index contributed by atoms with van der Waals surface area (Å²) in [5, 5.41) is 3.05. The molecule has 2 aromatic carbocycles. The zero-order valence-corrected chi connectivity index (χ0v) is 27.2. The fourth-order valence-electron chi connectivity index (χ4n) is 4.19. The van der Waals surface area contributed by atoms with E-state index in [0.29, 0.717) is 5.92 Å². The van der Waals surface area contributed by atoms with Gasteiger partial charge in [0.25, 0.3) is 0 Å². The maximum absolute atomic E-state index is 12.4. The molecule has 3 rings (SSSR count). The van der Waals surface area contributed by atoms with E-state index in [0.717, 1.165) is 42.9 Å². The Balaban J connectivity index is 1.76. The third-order valence-corrected chi connectivity index (χ3v) is 17.4. The van der Waals surface area contributed by atoms with Gasteiger partial charge in [0, 0.05) is 11.8 Å². The molecule has 1 N–H and O–H groups in total. The molecule has 1 saturated carbocycles. The Bertz CT molecular complexity index is 1080. The number of anilines is 1. The Morgan fingerprint density at radius 2 is 1.34 bits per heavy atom. The first kappa shape index (κ1) is 30.3. The van der Waals surface area contributed by atoms with Crippen LogP contribution in [0.3, 0.4) is 0 Å². The molecule has 7 heteroatoms. The van der Waals surface area contributed by atoms with E-state index >= 15 is 0 Å². The van der Waals surface area contributed by atoms with Crippen molar-refractivity contribution in [2.75, 3.05) is 5.32 Å². The van der Waals surface area contributed by atoms with E-state index < -0.39 is 16.6 Å². The van der Waals surface area contributed by atoms with Crippen LogP contribution in [0, 0.1) is 0 Å². The molecule has 1 amide bonds. The van der Waals surface area contributed by atoms with Crippen LogP contribution >= 0.6 is 0 Å². The van der Waals surface area contributed by atoms with Gasteiger partial charge in [0.2, 0.25) is 16.6 Å². The van der Waals surface area contributed by atoms with Gasteiger partial charge in [-0.25, -0.2) is 4.79 Å². The fourth-order valence-corrected chi connectivity index (χ4v) is 6.25. The molecule has 38 heavy (non-hydrogen) atoms. The molecule has 1 aliphatic carbocycles. The first-order valence-corrected chi connectivity index (χ1v) is 19.8. The van der Waals surface area contributed by atoms with Crippen molar-refractivity contribution in [1.29, 1.82) is 0 Å². The van der Waals surface area contributed by atoms with Crippen LogP contribution in [0.15, 0.2) is 48.5 Å². The SMILES string of the molecule is CC(C)(C)[Si](C)(C)Oc1ccc(C2CCC(OC(=O)Nc3ccccc3)CC2)c(O[Si](C)(C)C(C)(C)C)c1. The minimum absolute atomic E-state index is 0.0686. The Hall–Kier alpha value is -2.26. The molecule has 1 fully saturated rings. The van der Waals surface area contributed by atoms with E-state index in [-0.39, 0.29) is 22.3 Å². The summed E-state index contributed by atoms with van der Waals surface area (Å²) < 4.78 is 19.3. The summed E-state index contributed by atoms with van der Waals surface area (Å²) in [4.78, 5) is 12.4. The second-order valence-electron chi connectivity index (χ2n) is 13.8. The van der Waals surface area contributed by atoms with Crippen LogP contribution in [-0.4, -0.2) is 28.8 Å². The van der Waals surface area contributed by atoms with Crippen molar-refractivity contribution >= 4 is 28.4 Å². The summed E-state index contributed by atoms with van der Waals surface area (Å²) in [7, 11) is -4.03. The lowest BCUT2D eigenvalue weighted by Gasteiger charge is -2.39. The molecule has 0 radical (unpaired) electrons. The number of carbonyl (C=O) groups excluding carboxylic acids is 1. The van der Waals surface area contributed by atoms with Crippen molar-refractivity contribution in [3.05, 3.63) is 54.1 Å². The van der Waals surface area contributed by atoms with Gasteiger partial charge in [-0.1, -0.05) is 65.8 Å². The van der Waals surface area contributed by atoms with Gasteiger partial charge in [0.1, 0.15) is 17.6 Å². The van der Waals surface area contributed by atoms with Crippen molar-refractivity contribution in [3.8, 4) is 11.5 Å². The first-order chi connectivity index (χ1) is 17.5. The third kappa shape index (κ3) is 7.66. The molecule has 0 spiro atoms. The van der Waals surface area contributed by atoms with E-state index in [2.05, 4.69) is 91.2 Å². The van der Waals surface area contributed by atoms with Crippen LogP contribution in [0.4, 0.5) is 10.5 Å². The summed E-state index contributed by atoms with van der Waals surface area (Å²) >= 11 is 0. The highest BCUT2D eigenvalue weighted by atomic mass is 28.4. The zero-order valence-electron chi connectivity index (χ0n) is 25.2. The van der Waals surface area contributed by atoms with Crippen LogP contribution in [0.2, 0.25) is 36.3 Å². The number of benzene rings is 2. The van der Waals surface area contributed by atoms with Gasteiger partial charge in [-0.15, -0.1) is 0 Å². The van der Waals surface area contributed by atoms with E-state index in [1.807, 2.05) is 30.3 Å². The molecule has 1 aliphatic rings. The van der Waals surface area contributed by atoms with Gasteiger partial charge in [-0.2, -0.15) is 0 Å². The molecule has 210 valence electrons. The van der Waals surface area contributed by atoms with Gasteiger partial charge in [-0.3, -0.25) is 5.32 Å². The summed E-state index contributed by atoms with van der Waals surface area (Å²) in [6.45, 7) is 22.8. The highest BCUT2D eigenvalue weighted by Gasteiger charge is 2.41. The molecule has 0 unspecified atom stereocenters. The van der Waals surface area contributed by atoms with Crippen LogP contribution in [-0.2, 0) is 4.74 Å². The normalized spacial score (nSPS) is 19.0. The van der Waals surface area contributed by atoms with Crippen LogP contribution in [0.1, 0.15) is 78.7 Å². The molecule has 5 nitrogen and oxygen atoms in total. The van der Waals surface area contributed by atoms with Crippen molar-refractivity contribution in [3.63, 3.8) is 0 Å². The second-order valence-corrected chi connectivity index (χ2v) is 23.2. The summed E-state index contributed by atoms with van der Waals surface area (Å²) in [6.07, 6.45) is 3.15. The quantitative estimate of drug-likeness (QED) is 0.345. The van der Waals surface area contributed by atoms with E-state index in [1.54, 1.807) is 0 Å². The average Bonchev–Trinajstić information content (AvgIpc) is 2.78. The van der Waals surface area contributed by atoms with E-state index in [9.17, 15) is 4.79 Å². The summed E-state index contributed by atoms with van der Waals surface area (Å²) in [5.41, 5.74) is 2.00. The monoisotopic (exact) mass is 555 g/mol. The maximum atomic E-state index is 12.4. The van der Waals surface area contributed by atoms with Gasteiger partial charge in [0.05, 0.1) is 0 Å². The van der Waals surface area contributed by atoms with Gasteiger partial charge in [0.15, 0.2) is 0 Å². The Kier molecular flexibility index (Phi) is 9.14. The summed E-state index contributed by atoms with van der Waals surface area (Å²) in [6, 6.07) is 15.9. The predicted molar refractivity (Wildman–Crippen MR) is 164 cm³/mol. The Morgan fingerprint density at radius 3 is 1.89 bits per heavy atom. The second kappa shape index (κ2) is 11.5. The van der Waals surface area contributed by atoms with Crippen LogP contribution in [0.25, 0.3) is 0 Å². The number of amides is 1. The number of carbonyl (C=O) groups is 1. The Morgan fingerprint density at radius 1 is 0.789 bits per heavy atom. The molecule has 0 aliphatic heterocycles. The number of hydrogen-bond donors (Lipinski definition) is 1. The minimum atomic E-state index is -2.05. The smallest absolute Gasteiger partial charge is 0.411 e. The predicted octanol–water partition coefficient (Wildman–Crippen LogP) is 9.73. The van der Waals surface area contributed by atoms with E-state index in [1.165, 1.54) is 5.56 Å². The van der Waals surface area contributed by atoms with Crippen molar-refractivity contribution in [2.45, 2.75) is 116 Å². The van der Waals surface area contributed by atoms with Crippen LogP contribution < -0.4 is 14.2 Å². The average molecular weight is 556 g/mol. The maximum Gasteiger partial charge on any atom is 0.411 e. The molecule has 2 aromatic rings. The van der Waals surface area contributed by atoms with Crippen molar-refractivity contribution in [1.82, 2.24) is 0 Å². The lowest BCUT2D eigenvalue weighted by Crippen LogP contribution is -2.44. The number of nitrogens with one attached hydrogen (secondary N) is 1. The zero-order chi connectivity index (χ0) is 28.4. The fraction of sp³-hybridized carbons (Fsp3) is 0.581. The van der Waals surface area contributed by atoms with Gasteiger partial charge < -0.3 is 13.6 Å². The standard InChI is InChI=1S/C31H49NO4Si2/c1-30(2,3)37(7,8)35-26-20-21-27(28(22-26)36-38(9,10)31(4,5)6)23-16-18-25(19-17-23)34-29(33)32-24-14-12-11-13-15-24/h11-15,20-23,25H,16-19H2,1-10H3,(H,32,33). The first-order valence-electron chi connectivity index (χ1n) is 14.0. The number of rotatable bonds is 7. The number of ether oxygens (including phenoxy) is 1. The molecule has 0 saturated heterocycles. The molecule has 0 bridgehead atoms. The highest BCUT2D eigenvalue weighted by molar-refractivity contribution is 6.75. The largest absolute Gasteiger partial charge is 0.543 e. The third-order valence-electron chi connectivity index (χ3n) is 8.74. The molecule has 0 heterocycles. The lowest BCUT2D eigenvalue weighted by atomic mass is 9.82. The topological polar surface area (TPSA) is 56.8 Å². The van der Waals surface area contributed by atoms with Crippen molar-refractivity contribution < 1.29 is 18.4 Å². The Labute approximate surface area is 232 Å². The van der Waals surface area contributed by atoms with Crippen molar-refractivity contribution in [2.24, 2.45) is 0 Å². The molecule has 0 aromatic heterocycles. The number of hydrogen-bond acceptors (Lipinski definition) is 4. The molecular formula is C31H49NO4Si2. The number of para-hydroxylation sites is 1. The lowest BCUT2D eigenvalue weighted by molar-refractivity contribution is 0.0820. The summed E-state index contributed by atoms with van der Waals surface area (Å²) in [5.74, 6) is 2.25. The van der Waals surface area contributed by atoms with Gasteiger partial charge >= 0.3 is 6.09 Å². The van der Waals surface area contributed by atoms with Gasteiger partial charge in [-0.05, 0) is 91.6 Å². The minimum Gasteiger partial charge on any atom is -0.543 e. The van der Waals surface area contributed by atoms with Crippen LogP contribution in [0.5, 0.6) is 11.5 Å². The highest BCUT2D eigenvalue weighted by Crippen LogP contribution is 2.45.